The molecule has 2 aliphatic rings. The predicted molar refractivity (Wildman–Crippen MR) is 82.0 cm³/mol. The number of carbonyl (C=O) groups excluding carboxylic acids is 3. The monoisotopic (exact) mass is 364 g/mol. The van der Waals surface area contributed by atoms with Crippen LogP contribution in [-0.2, 0) is 23.9 Å². The summed E-state index contributed by atoms with van der Waals surface area (Å²) in [6.45, 7) is 1.80. The van der Waals surface area contributed by atoms with Crippen molar-refractivity contribution < 1.29 is 29.0 Å². The number of hydrogen-bond donors (Lipinski definition) is 2. The molecule has 0 aromatic carbocycles. The Hall–Kier alpha value is -1.32. The van der Waals surface area contributed by atoms with Crippen molar-refractivity contribution in [3.63, 3.8) is 0 Å². The van der Waals surface area contributed by atoms with Gasteiger partial charge in [-0.05, 0) is 12.8 Å². The van der Waals surface area contributed by atoms with E-state index in [-0.39, 0.29) is 11.5 Å². The minimum atomic E-state index is -1.54. The smallest absolute Gasteiger partial charge is 0.342 e. The molecule has 2 fully saturated rings. The van der Waals surface area contributed by atoms with Crippen molar-refractivity contribution in [1.82, 2.24) is 10.2 Å². The SMILES string of the molecule is CC(=O)NC1C(=O)N(C(Cl)C(=O)O)C1SCC(=O)C1CCCO1. The molecule has 2 heterocycles. The van der Waals surface area contributed by atoms with Gasteiger partial charge in [0.25, 0.3) is 5.91 Å². The third-order valence-electron chi connectivity index (χ3n) is 3.57. The number of carbonyl (C=O) groups is 4. The summed E-state index contributed by atoms with van der Waals surface area (Å²) >= 11 is 6.80. The Balaban J connectivity index is 2.00. The molecule has 2 saturated heterocycles. The van der Waals surface area contributed by atoms with Crippen molar-refractivity contribution in [2.24, 2.45) is 0 Å². The van der Waals surface area contributed by atoms with Gasteiger partial charge in [-0.3, -0.25) is 19.3 Å². The number of likely N-dealkylation sites (tertiary alicyclic amines) is 1. The third-order valence-corrected chi connectivity index (χ3v) is 5.26. The van der Waals surface area contributed by atoms with E-state index in [1.807, 2.05) is 0 Å². The molecule has 2 rings (SSSR count). The van der Waals surface area contributed by atoms with Gasteiger partial charge in [0.2, 0.25) is 11.4 Å². The average molecular weight is 365 g/mol. The lowest BCUT2D eigenvalue weighted by atomic mass is 10.1. The molecule has 10 heteroatoms. The Morgan fingerprint density at radius 2 is 2.22 bits per heavy atom. The van der Waals surface area contributed by atoms with E-state index in [1.54, 1.807) is 0 Å². The number of rotatable bonds is 7. The van der Waals surface area contributed by atoms with E-state index in [0.29, 0.717) is 13.0 Å². The molecule has 0 bridgehead atoms. The quantitative estimate of drug-likeness (QED) is 0.365. The second-order valence-electron chi connectivity index (χ2n) is 5.27. The minimum absolute atomic E-state index is 0.0540. The standard InChI is InChI=1S/C13H17ClN2O6S/c1-6(17)15-9-11(19)16(10(14)13(20)21)12(9)23-5-7(18)8-3-2-4-22-8/h8-10,12H,2-5H2,1H3,(H,15,17)(H,20,21). The van der Waals surface area contributed by atoms with E-state index in [0.717, 1.165) is 23.1 Å². The summed E-state index contributed by atoms with van der Waals surface area (Å²) in [5.41, 5.74) is -1.54. The van der Waals surface area contributed by atoms with E-state index in [2.05, 4.69) is 5.32 Å². The van der Waals surface area contributed by atoms with Crippen LogP contribution in [0.15, 0.2) is 0 Å². The van der Waals surface area contributed by atoms with Crippen molar-refractivity contribution in [3.05, 3.63) is 0 Å². The van der Waals surface area contributed by atoms with Crippen LogP contribution in [-0.4, -0.2) is 69.0 Å². The molecule has 2 aliphatic heterocycles. The van der Waals surface area contributed by atoms with E-state index in [9.17, 15) is 19.2 Å². The van der Waals surface area contributed by atoms with Gasteiger partial charge < -0.3 is 15.2 Å². The van der Waals surface area contributed by atoms with Crippen molar-refractivity contribution in [2.75, 3.05) is 12.4 Å². The van der Waals surface area contributed by atoms with Crippen LogP contribution in [0.4, 0.5) is 0 Å². The first-order chi connectivity index (χ1) is 10.8. The van der Waals surface area contributed by atoms with Crippen LogP contribution in [0.3, 0.4) is 0 Å². The first-order valence-corrected chi connectivity index (χ1v) is 8.53. The molecule has 0 aliphatic carbocycles. The molecule has 4 atom stereocenters. The zero-order valence-corrected chi connectivity index (χ0v) is 13.9. The third kappa shape index (κ3) is 3.96. The summed E-state index contributed by atoms with van der Waals surface area (Å²) in [6, 6.07) is -0.879. The van der Waals surface area contributed by atoms with Crippen LogP contribution >= 0.6 is 23.4 Å². The minimum Gasteiger partial charge on any atom is -0.479 e. The van der Waals surface area contributed by atoms with Gasteiger partial charge in [-0.1, -0.05) is 11.6 Å². The summed E-state index contributed by atoms with van der Waals surface area (Å²) in [6.07, 6.45) is 1.04. The van der Waals surface area contributed by atoms with Crippen molar-refractivity contribution in [2.45, 2.75) is 42.8 Å². The fourth-order valence-corrected chi connectivity index (χ4v) is 4.04. The normalized spacial score (nSPS) is 28.2. The Labute approximate surface area is 141 Å². The number of thioether (sulfide) groups is 1. The summed E-state index contributed by atoms with van der Waals surface area (Å²) < 4.78 is 5.29. The van der Waals surface area contributed by atoms with Crippen LogP contribution in [0.5, 0.6) is 0 Å². The van der Waals surface area contributed by atoms with Crippen molar-refractivity contribution in [3.8, 4) is 0 Å². The van der Waals surface area contributed by atoms with Gasteiger partial charge in [-0.25, -0.2) is 4.79 Å². The van der Waals surface area contributed by atoms with Crippen LogP contribution < -0.4 is 5.32 Å². The van der Waals surface area contributed by atoms with E-state index in [1.165, 1.54) is 6.92 Å². The number of Topliss-reactive ketones (excluding diaryl/α,β-unsaturated/α-hetero) is 1. The Morgan fingerprint density at radius 3 is 2.74 bits per heavy atom. The van der Waals surface area contributed by atoms with Crippen LogP contribution in [0.1, 0.15) is 19.8 Å². The summed E-state index contributed by atoms with van der Waals surface area (Å²) in [5.74, 6) is -2.42. The molecule has 0 saturated carbocycles. The maximum absolute atomic E-state index is 12.0. The molecule has 0 aromatic heterocycles. The van der Waals surface area contributed by atoms with Crippen LogP contribution in [0.25, 0.3) is 0 Å². The first kappa shape index (κ1) is 18.0. The summed E-state index contributed by atoms with van der Waals surface area (Å²) in [7, 11) is 0. The number of carboxylic acid groups (broad SMARTS) is 1. The maximum Gasteiger partial charge on any atom is 0.342 e. The molecule has 8 nitrogen and oxygen atoms in total. The topological polar surface area (TPSA) is 113 Å². The molecule has 0 spiro atoms. The lowest BCUT2D eigenvalue weighted by molar-refractivity contribution is -0.157. The Kier molecular flexibility index (Phi) is 5.88. The average Bonchev–Trinajstić information content (AvgIpc) is 3.02. The molecule has 0 radical (unpaired) electrons. The summed E-state index contributed by atoms with van der Waals surface area (Å²) in [4.78, 5) is 47.1. The number of alkyl halides is 1. The fraction of sp³-hybridized carbons (Fsp3) is 0.692. The Morgan fingerprint density at radius 1 is 1.52 bits per heavy atom. The highest BCUT2D eigenvalue weighted by Crippen LogP contribution is 2.34. The number of aliphatic carboxylic acids is 1. The number of halogens is 1. The largest absolute Gasteiger partial charge is 0.479 e. The lowest BCUT2D eigenvalue weighted by Gasteiger charge is -2.47. The second-order valence-corrected chi connectivity index (χ2v) is 6.79. The highest BCUT2D eigenvalue weighted by atomic mass is 35.5. The van der Waals surface area contributed by atoms with Gasteiger partial charge in [0.1, 0.15) is 17.5 Å². The van der Waals surface area contributed by atoms with Gasteiger partial charge in [0.15, 0.2) is 5.78 Å². The van der Waals surface area contributed by atoms with Gasteiger partial charge in [0, 0.05) is 13.5 Å². The summed E-state index contributed by atoms with van der Waals surface area (Å²) in [5, 5.41) is 10.7. The van der Waals surface area contributed by atoms with E-state index < -0.39 is 40.8 Å². The highest BCUT2D eigenvalue weighted by molar-refractivity contribution is 8.00. The molecular formula is C13H17ClN2O6S. The van der Waals surface area contributed by atoms with E-state index in [4.69, 9.17) is 21.4 Å². The molecule has 0 aromatic rings. The van der Waals surface area contributed by atoms with Crippen molar-refractivity contribution >= 4 is 46.9 Å². The number of β-lactam (4-membered cyclic amide) rings is 1. The number of ketones is 1. The van der Waals surface area contributed by atoms with Crippen LogP contribution in [0.2, 0.25) is 0 Å². The maximum atomic E-state index is 12.0. The zero-order chi connectivity index (χ0) is 17.1. The van der Waals surface area contributed by atoms with E-state index >= 15 is 0 Å². The van der Waals surface area contributed by atoms with Crippen LogP contribution in [0, 0.1) is 0 Å². The second kappa shape index (κ2) is 7.50. The van der Waals surface area contributed by atoms with Gasteiger partial charge in [-0.2, -0.15) is 0 Å². The van der Waals surface area contributed by atoms with Gasteiger partial charge in [0.05, 0.1) is 5.75 Å². The number of amides is 2. The number of carboxylic acids is 1. The molecule has 2 amide bonds. The fourth-order valence-electron chi connectivity index (χ4n) is 2.47. The number of hydrogen-bond acceptors (Lipinski definition) is 6. The highest BCUT2D eigenvalue weighted by Gasteiger charge is 2.52. The van der Waals surface area contributed by atoms with Gasteiger partial charge in [-0.15, -0.1) is 11.8 Å². The Bertz CT molecular complexity index is 525. The number of ether oxygens (including phenoxy) is 1. The zero-order valence-electron chi connectivity index (χ0n) is 12.4. The molecule has 2 N–H and O–H groups in total. The molecule has 4 unspecified atom stereocenters. The molecule has 23 heavy (non-hydrogen) atoms. The van der Waals surface area contributed by atoms with Gasteiger partial charge >= 0.3 is 5.97 Å². The molecular weight excluding hydrogens is 348 g/mol. The number of nitrogens with one attached hydrogen (secondary N) is 1. The molecule has 128 valence electrons. The predicted octanol–water partition coefficient (Wildman–Crippen LogP) is -0.210. The van der Waals surface area contributed by atoms with Crippen molar-refractivity contribution in [1.29, 1.82) is 0 Å². The lowest BCUT2D eigenvalue weighted by Crippen LogP contribution is -2.72. The number of nitrogens with zero attached hydrogens (tertiary/aromatic N) is 1. The first-order valence-electron chi connectivity index (χ1n) is 7.05.